The van der Waals surface area contributed by atoms with Gasteiger partial charge in [-0.3, -0.25) is 4.79 Å². The van der Waals surface area contributed by atoms with Crippen molar-refractivity contribution >= 4 is 15.9 Å². The fourth-order valence-corrected chi connectivity index (χ4v) is 2.92. The first kappa shape index (κ1) is 19.1. The Hall–Kier alpha value is -2.19. The van der Waals surface area contributed by atoms with Gasteiger partial charge in [0, 0.05) is 12.0 Å². The summed E-state index contributed by atoms with van der Waals surface area (Å²) in [6.45, 7) is 8.02. The predicted molar refractivity (Wildman–Crippen MR) is 93.8 cm³/mol. The molecule has 0 spiro atoms. The van der Waals surface area contributed by atoms with E-state index < -0.39 is 10.0 Å². The molecule has 1 heterocycles. The summed E-state index contributed by atoms with van der Waals surface area (Å²) in [6, 6.07) is 6.26. The van der Waals surface area contributed by atoms with Gasteiger partial charge >= 0.3 is 0 Å². The lowest BCUT2D eigenvalue weighted by Crippen LogP contribution is -2.29. The van der Waals surface area contributed by atoms with E-state index in [1.54, 1.807) is 19.1 Å². The van der Waals surface area contributed by atoms with Crippen molar-refractivity contribution in [2.24, 2.45) is 5.14 Å². The SMILES string of the molecule is Cc1onc(C(C)(C)C)c1C(=O)NCCc1ccc(S(N)(=O)=O)cc1. The third kappa shape index (κ3) is 4.67. The van der Waals surface area contributed by atoms with Crippen LogP contribution >= 0.6 is 0 Å². The number of nitrogens with two attached hydrogens (primary N) is 1. The van der Waals surface area contributed by atoms with Gasteiger partial charge in [0.25, 0.3) is 5.91 Å². The average molecular weight is 365 g/mol. The highest BCUT2D eigenvalue weighted by atomic mass is 32.2. The molecule has 0 aliphatic rings. The van der Waals surface area contributed by atoms with Gasteiger partial charge < -0.3 is 9.84 Å². The standard InChI is InChI=1S/C17H23N3O4S/c1-11-14(15(20-24-11)17(2,3)4)16(21)19-10-9-12-5-7-13(8-6-12)25(18,22)23/h5-8H,9-10H2,1-4H3,(H,19,21)(H2,18,22,23). The van der Waals surface area contributed by atoms with Crippen LogP contribution in [0.4, 0.5) is 0 Å². The molecule has 0 fully saturated rings. The zero-order valence-electron chi connectivity index (χ0n) is 14.8. The first-order valence-corrected chi connectivity index (χ1v) is 9.41. The van der Waals surface area contributed by atoms with Crippen molar-refractivity contribution in [1.29, 1.82) is 0 Å². The number of primary sulfonamides is 1. The summed E-state index contributed by atoms with van der Waals surface area (Å²) >= 11 is 0. The van der Waals surface area contributed by atoms with E-state index in [1.807, 2.05) is 20.8 Å². The van der Waals surface area contributed by atoms with Crippen molar-refractivity contribution in [3.63, 3.8) is 0 Å². The topological polar surface area (TPSA) is 115 Å². The molecule has 7 nitrogen and oxygen atoms in total. The van der Waals surface area contributed by atoms with Crippen LogP contribution in [0.1, 0.15) is 48.1 Å². The van der Waals surface area contributed by atoms with Crippen LogP contribution in [0.3, 0.4) is 0 Å². The number of aryl methyl sites for hydroxylation is 1. The van der Waals surface area contributed by atoms with E-state index in [4.69, 9.17) is 9.66 Å². The minimum atomic E-state index is -3.69. The Morgan fingerprint density at radius 2 is 1.84 bits per heavy atom. The quantitative estimate of drug-likeness (QED) is 0.839. The summed E-state index contributed by atoms with van der Waals surface area (Å²) in [7, 11) is -3.69. The van der Waals surface area contributed by atoms with E-state index in [0.717, 1.165) is 5.56 Å². The summed E-state index contributed by atoms with van der Waals surface area (Å²) in [5.74, 6) is 0.254. The third-order valence-corrected chi connectivity index (χ3v) is 4.68. The van der Waals surface area contributed by atoms with E-state index >= 15 is 0 Å². The van der Waals surface area contributed by atoms with Gasteiger partial charge in [-0.2, -0.15) is 0 Å². The summed E-state index contributed by atoms with van der Waals surface area (Å²) in [4.78, 5) is 12.5. The second kappa shape index (κ2) is 6.97. The molecule has 0 saturated heterocycles. The van der Waals surface area contributed by atoms with E-state index in [-0.39, 0.29) is 16.2 Å². The molecule has 3 N–H and O–H groups in total. The highest BCUT2D eigenvalue weighted by Crippen LogP contribution is 2.26. The Morgan fingerprint density at radius 1 is 1.24 bits per heavy atom. The van der Waals surface area contributed by atoms with Crippen LogP contribution in [-0.2, 0) is 21.9 Å². The number of sulfonamides is 1. The number of benzene rings is 1. The van der Waals surface area contributed by atoms with E-state index in [2.05, 4.69) is 10.5 Å². The Kier molecular flexibility index (Phi) is 5.34. The van der Waals surface area contributed by atoms with Crippen molar-refractivity contribution in [2.75, 3.05) is 6.54 Å². The number of nitrogens with zero attached hydrogens (tertiary/aromatic N) is 1. The minimum absolute atomic E-state index is 0.0650. The number of amides is 1. The molecule has 0 saturated carbocycles. The zero-order valence-corrected chi connectivity index (χ0v) is 15.6. The molecule has 8 heteroatoms. The molecular weight excluding hydrogens is 342 g/mol. The number of hydrogen-bond donors (Lipinski definition) is 2. The number of aromatic nitrogens is 1. The minimum Gasteiger partial charge on any atom is -0.361 e. The predicted octanol–water partition coefficient (Wildman–Crippen LogP) is 1.90. The zero-order chi connectivity index (χ0) is 18.8. The second-order valence-corrected chi connectivity index (χ2v) is 8.47. The Labute approximate surface area is 147 Å². The molecule has 136 valence electrons. The Balaban J connectivity index is 2.01. The molecule has 2 rings (SSSR count). The molecule has 0 radical (unpaired) electrons. The summed E-state index contributed by atoms with van der Waals surface area (Å²) in [5, 5.41) is 11.9. The maximum Gasteiger partial charge on any atom is 0.256 e. The van der Waals surface area contributed by atoms with Crippen LogP contribution in [0.25, 0.3) is 0 Å². The van der Waals surface area contributed by atoms with Gasteiger partial charge in [0.15, 0.2) is 0 Å². The second-order valence-electron chi connectivity index (χ2n) is 6.91. The normalized spacial score (nSPS) is 12.2. The molecule has 0 atom stereocenters. The highest BCUT2D eigenvalue weighted by Gasteiger charge is 2.28. The van der Waals surface area contributed by atoms with E-state index in [9.17, 15) is 13.2 Å². The lowest BCUT2D eigenvalue weighted by atomic mass is 9.88. The molecule has 2 aromatic rings. The first-order valence-electron chi connectivity index (χ1n) is 7.87. The van der Waals surface area contributed by atoms with Crippen LogP contribution in [0.15, 0.2) is 33.7 Å². The van der Waals surface area contributed by atoms with Gasteiger partial charge in [-0.25, -0.2) is 13.6 Å². The maximum absolute atomic E-state index is 12.5. The van der Waals surface area contributed by atoms with Crippen molar-refractivity contribution in [2.45, 2.75) is 44.4 Å². The number of hydrogen-bond acceptors (Lipinski definition) is 5. The van der Waals surface area contributed by atoms with Crippen molar-refractivity contribution < 1.29 is 17.7 Å². The van der Waals surface area contributed by atoms with Crippen LogP contribution in [0.5, 0.6) is 0 Å². The molecule has 1 amide bonds. The number of nitrogens with one attached hydrogen (secondary N) is 1. The van der Waals surface area contributed by atoms with Crippen LogP contribution < -0.4 is 10.5 Å². The van der Waals surface area contributed by atoms with Crippen molar-refractivity contribution in [3.05, 3.63) is 46.8 Å². The summed E-state index contributed by atoms with van der Waals surface area (Å²) < 4.78 is 27.6. The molecule has 0 aliphatic carbocycles. The van der Waals surface area contributed by atoms with Gasteiger partial charge in [0.2, 0.25) is 10.0 Å². The average Bonchev–Trinajstić information content (AvgIpc) is 2.88. The monoisotopic (exact) mass is 365 g/mol. The largest absolute Gasteiger partial charge is 0.361 e. The van der Waals surface area contributed by atoms with Crippen molar-refractivity contribution in [1.82, 2.24) is 10.5 Å². The molecule has 1 aromatic carbocycles. The fraction of sp³-hybridized carbons (Fsp3) is 0.412. The van der Waals surface area contributed by atoms with Crippen molar-refractivity contribution in [3.8, 4) is 0 Å². The van der Waals surface area contributed by atoms with Gasteiger partial charge in [-0.05, 0) is 31.0 Å². The van der Waals surface area contributed by atoms with Crippen LogP contribution in [-0.4, -0.2) is 26.0 Å². The lowest BCUT2D eigenvalue weighted by molar-refractivity contribution is 0.0950. The smallest absolute Gasteiger partial charge is 0.256 e. The summed E-state index contributed by atoms with van der Waals surface area (Å²) in [6.07, 6.45) is 0.561. The molecule has 0 bridgehead atoms. The van der Waals surface area contributed by atoms with Gasteiger partial charge in [0.05, 0.1) is 4.90 Å². The Bertz CT molecular complexity index is 862. The fourth-order valence-electron chi connectivity index (χ4n) is 2.41. The number of rotatable bonds is 5. The lowest BCUT2D eigenvalue weighted by Gasteiger charge is -2.16. The Morgan fingerprint density at radius 3 is 2.36 bits per heavy atom. The molecule has 0 unspecified atom stereocenters. The molecule has 1 aromatic heterocycles. The highest BCUT2D eigenvalue weighted by molar-refractivity contribution is 7.89. The van der Waals surface area contributed by atoms with Crippen LogP contribution in [0.2, 0.25) is 0 Å². The maximum atomic E-state index is 12.5. The van der Waals surface area contributed by atoms with Gasteiger partial charge in [-0.1, -0.05) is 38.1 Å². The van der Waals surface area contributed by atoms with E-state index in [0.29, 0.717) is 30.0 Å². The van der Waals surface area contributed by atoms with Crippen LogP contribution in [0, 0.1) is 6.92 Å². The number of carbonyl (C=O) groups is 1. The molecular formula is C17H23N3O4S. The number of carbonyl (C=O) groups excluding carboxylic acids is 1. The van der Waals surface area contributed by atoms with Gasteiger partial charge in [-0.15, -0.1) is 0 Å². The van der Waals surface area contributed by atoms with E-state index in [1.165, 1.54) is 12.1 Å². The molecule has 25 heavy (non-hydrogen) atoms. The first-order chi connectivity index (χ1) is 11.5. The molecule has 0 aliphatic heterocycles. The van der Waals surface area contributed by atoms with Gasteiger partial charge in [0.1, 0.15) is 17.0 Å². The summed E-state index contributed by atoms with van der Waals surface area (Å²) in [5.41, 5.74) is 1.69. The third-order valence-electron chi connectivity index (χ3n) is 3.75.